The van der Waals surface area contributed by atoms with Gasteiger partial charge in [-0.2, -0.15) is 0 Å². The van der Waals surface area contributed by atoms with Gasteiger partial charge in [-0.1, -0.05) is 0 Å². The number of benzene rings is 1. The number of halogens is 1. The van der Waals surface area contributed by atoms with E-state index in [0.717, 1.165) is 13.1 Å². The van der Waals surface area contributed by atoms with E-state index in [4.69, 9.17) is 0 Å². The van der Waals surface area contributed by atoms with E-state index in [-0.39, 0.29) is 17.5 Å². The summed E-state index contributed by atoms with van der Waals surface area (Å²) in [6.07, 6.45) is 0. The fourth-order valence-corrected chi connectivity index (χ4v) is 2.48. The van der Waals surface area contributed by atoms with Crippen molar-refractivity contribution in [3.8, 4) is 0 Å². The number of carbonyl (C=O) groups excluding carboxylic acids is 1. The van der Waals surface area contributed by atoms with Gasteiger partial charge in [0.15, 0.2) is 0 Å². The number of piperazine rings is 1. The van der Waals surface area contributed by atoms with E-state index < -0.39 is 5.82 Å². The highest BCUT2D eigenvalue weighted by Gasteiger charge is 2.28. The third-order valence-electron chi connectivity index (χ3n) is 3.27. The number of thiol groups is 1. The maximum absolute atomic E-state index is 13.7. The van der Waals surface area contributed by atoms with E-state index in [0.29, 0.717) is 11.4 Å². The molecule has 1 amide bonds. The van der Waals surface area contributed by atoms with Crippen LogP contribution >= 0.6 is 12.6 Å². The molecule has 1 aromatic rings. The van der Waals surface area contributed by atoms with Gasteiger partial charge in [-0.3, -0.25) is 4.79 Å². The molecule has 1 unspecified atom stereocenters. The van der Waals surface area contributed by atoms with Crippen LogP contribution in [0.2, 0.25) is 0 Å². The van der Waals surface area contributed by atoms with Gasteiger partial charge in [0.25, 0.3) is 5.91 Å². The highest BCUT2D eigenvalue weighted by atomic mass is 32.1. The third-order valence-corrected chi connectivity index (χ3v) is 3.55. The lowest BCUT2D eigenvalue weighted by molar-refractivity contribution is 0.0529. The second-order valence-electron chi connectivity index (χ2n) is 4.77. The van der Waals surface area contributed by atoms with Gasteiger partial charge < -0.3 is 9.80 Å². The van der Waals surface area contributed by atoms with Gasteiger partial charge in [0.1, 0.15) is 5.82 Å². The Labute approximate surface area is 112 Å². The van der Waals surface area contributed by atoms with Crippen LogP contribution in [-0.2, 0) is 0 Å². The number of likely N-dealkylation sites (N-methyl/N-ethyl adjacent to an activating group) is 1. The van der Waals surface area contributed by atoms with E-state index in [9.17, 15) is 9.18 Å². The summed E-state index contributed by atoms with van der Waals surface area (Å²) in [6.45, 7) is 4.24. The average molecular weight is 268 g/mol. The summed E-state index contributed by atoms with van der Waals surface area (Å²) in [5.41, 5.74) is 0.110. The molecule has 0 N–H and O–H groups in total. The van der Waals surface area contributed by atoms with Gasteiger partial charge in [-0.05, 0) is 32.2 Å². The van der Waals surface area contributed by atoms with Crippen molar-refractivity contribution >= 4 is 18.5 Å². The first kappa shape index (κ1) is 13.4. The molecule has 0 radical (unpaired) electrons. The van der Waals surface area contributed by atoms with Gasteiger partial charge in [0.2, 0.25) is 0 Å². The number of carbonyl (C=O) groups is 1. The average Bonchev–Trinajstić information content (AvgIpc) is 2.31. The molecule has 0 saturated carbocycles. The van der Waals surface area contributed by atoms with Crippen molar-refractivity contribution in [2.24, 2.45) is 0 Å². The lowest BCUT2D eigenvalue weighted by Crippen LogP contribution is -2.52. The van der Waals surface area contributed by atoms with Crippen molar-refractivity contribution in [3.05, 3.63) is 29.6 Å². The van der Waals surface area contributed by atoms with Gasteiger partial charge in [-0.25, -0.2) is 4.39 Å². The Kier molecular flexibility index (Phi) is 3.92. The Morgan fingerprint density at radius 1 is 1.44 bits per heavy atom. The molecular formula is C13H17FN2OS. The summed E-state index contributed by atoms with van der Waals surface area (Å²) in [5.74, 6) is -0.729. The van der Waals surface area contributed by atoms with Crippen molar-refractivity contribution in [2.75, 3.05) is 26.7 Å². The summed E-state index contributed by atoms with van der Waals surface area (Å²) >= 11 is 4.15. The molecular weight excluding hydrogens is 251 g/mol. The van der Waals surface area contributed by atoms with E-state index in [2.05, 4.69) is 17.5 Å². The molecule has 1 heterocycles. The normalized spacial score (nSPS) is 21.1. The number of hydrogen-bond acceptors (Lipinski definition) is 3. The molecule has 98 valence electrons. The van der Waals surface area contributed by atoms with E-state index in [1.807, 2.05) is 14.0 Å². The Morgan fingerprint density at radius 3 is 2.83 bits per heavy atom. The van der Waals surface area contributed by atoms with Crippen LogP contribution in [-0.4, -0.2) is 48.4 Å². The second kappa shape index (κ2) is 5.28. The van der Waals surface area contributed by atoms with Crippen LogP contribution in [0.25, 0.3) is 0 Å². The maximum atomic E-state index is 13.7. The Balaban J connectivity index is 2.23. The van der Waals surface area contributed by atoms with E-state index in [1.165, 1.54) is 12.1 Å². The van der Waals surface area contributed by atoms with Crippen LogP contribution in [0.15, 0.2) is 23.1 Å². The molecule has 3 nitrogen and oxygen atoms in total. The summed E-state index contributed by atoms with van der Waals surface area (Å²) in [5, 5.41) is 0. The molecule has 1 atom stereocenters. The first-order chi connectivity index (χ1) is 8.49. The minimum Gasteiger partial charge on any atom is -0.333 e. The van der Waals surface area contributed by atoms with Crippen LogP contribution in [0.1, 0.15) is 17.3 Å². The van der Waals surface area contributed by atoms with Crippen molar-refractivity contribution in [3.63, 3.8) is 0 Å². The SMILES string of the molecule is CC1CN(C)CCN1C(=O)c1cc(S)ccc1F. The van der Waals surface area contributed by atoms with Gasteiger partial charge in [-0.15, -0.1) is 12.6 Å². The molecule has 0 bridgehead atoms. The molecule has 1 saturated heterocycles. The molecule has 1 fully saturated rings. The zero-order chi connectivity index (χ0) is 13.3. The Bertz CT molecular complexity index is 466. The molecule has 1 aliphatic heterocycles. The molecule has 5 heteroatoms. The fraction of sp³-hybridized carbons (Fsp3) is 0.462. The zero-order valence-corrected chi connectivity index (χ0v) is 11.5. The van der Waals surface area contributed by atoms with E-state index >= 15 is 0 Å². The number of rotatable bonds is 1. The molecule has 0 aromatic heterocycles. The van der Waals surface area contributed by atoms with Crippen molar-refractivity contribution in [2.45, 2.75) is 17.9 Å². The first-order valence-electron chi connectivity index (χ1n) is 5.97. The van der Waals surface area contributed by atoms with Crippen LogP contribution in [0, 0.1) is 5.82 Å². The monoisotopic (exact) mass is 268 g/mol. The quantitative estimate of drug-likeness (QED) is 0.786. The van der Waals surface area contributed by atoms with Gasteiger partial charge in [0, 0.05) is 30.6 Å². The third kappa shape index (κ3) is 2.67. The van der Waals surface area contributed by atoms with Gasteiger partial charge >= 0.3 is 0 Å². The fourth-order valence-electron chi connectivity index (χ4n) is 2.27. The van der Waals surface area contributed by atoms with Gasteiger partial charge in [0.05, 0.1) is 5.56 Å². The smallest absolute Gasteiger partial charge is 0.257 e. The van der Waals surface area contributed by atoms with Crippen LogP contribution in [0.4, 0.5) is 4.39 Å². The van der Waals surface area contributed by atoms with Crippen LogP contribution in [0.3, 0.4) is 0 Å². The molecule has 1 aromatic carbocycles. The Morgan fingerprint density at radius 2 is 2.17 bits per heavy atom. The summed E-state index contributed by atoms with van der Waals surface area (Å²) in [4.78, 5) is 16.8. The van der Waals surface area contributed by atoms with E-state index in [1.54, 1.807) is 11.0 Å². The van der Waals surface area contributed by atoms with Crippen LogP contribution < -0.4 is 0 Å². The number of amides is 1. The predicted molar refractivity (Wildman–Crippen MR) is 71.6 cm³/mol. The highest BCUT2D eigenvalue weighted by molar-refractivity contribution is 7.80. The first-order valence-corrected chi connectivity index (χ1v) is 6.42. The van der Waals surface area contributed by atoms with Crippen molar-refractivity contribution in [1.82, 2.24) is 9.80 Å². The Hall–Kier alpha value is -1.07. The summed E-state index contributed by atoms with van der Waals surface area (Å²) in [7, 11) is 2.02. The van der Waals surface area contributed by atoms with Crippen LogP contribution in [0.5, 0.6) is 0 Å². The van der Waals surface area contributed by atoms with Crippen molar-refractivity contribution in [1.29, 1.82) is 0 Å². The summed E-state index contributed by atoms with van der Waals surface area (Å²) in [6, 6.07) is 4.42. The minimum atomic E-state index is -0.482. The lowest BCUT2D eigenvalue weighted by atomic mass is 10.1. The number of nitrogens with zero attached hydrogens (tertiary/aromatic N) is 2. The number of hydrogen-bond donors (Lipinski definition) is 1. The molecule has 0 aliphatic carbocycles. The van der Waals surface area contributed by atoms with Crippen molar-refractivity contribution < 1.29 is 9.18 Å². The molecule has 2 rings (SSSR count). The molecule has 18 heavy (non-hydrogen) atoms. The molecule has 0 spiro atoms. The second-order valence-corrected chi connectivity index (χ2v) is 5.29. The largest absolute Gasteiger partial charge is 0.333 e. The summed E-state index contributed by atoms with van der Waals surface area (Å²) < 4.78 is 13.7. The minimum absolute atomic E-state index is 0.0965. The standard InChI is InChI=1S/C13H17FN2OS/c1-9-8-15(2)5-6-16(9)13(17)11-7-10(18)3-4-12(11)14/h3-4,7,9,18H,5-6,8H2,1-2H3. The topological polar surface area (TPSA) is 23.6 Å². The maximum Gasteiger partial charge on any atom is 0.257 e. The lowest BCUT2D eigenvalue weighted by Gasteiger charge is -2.38. The zero-order valence-electron chi connectivity index (χ0n) is 10.6. The molecule has 1 aliphatic rings. The predicted octanol–water partition coefficient (Wildman–Crippen LogP) is 1.89. The highest BCUT2D eigenvalue weighted by Crippen LogP contribution is 2.18.